The van der Waals surface area contributed by atoms with Crippen molar-refractivity contribution in [2.75, 3.05) is 18.5 Å². The van der Waals surface area contributed by atoms with Crippen LogP contribution in [0.5, 0.6) is 0 Å². The molecule has 2 atom stereocenters. The van der Waals surface area contributed by atoms with E-state index in [1.807, 2.05) is 72.8 Å². The topological polar surface area (TPSA) is 50.4 Å². The Balaban J connectivity index is 1.05. The van der Waals surface area contributed by atoms with Crippen LogP contribution in [0.3, 0.4) is 0 Å². The molecule has 0 heterocycles. The van der Waals surface area contributed by atoms with Gasteiger partial charge in [-0.25, -0.2) is 0 Å². The van der Waals surface area contributed by atoms with Gasteiger partial charge in [0.1, 0.15) is 0 Å². The highest BCUT2D eigenvalue weighted by Gasteiger charge is 2.37. The molecule has 4 heteroatoms. The Kier molecular flexibility index (Phi) is 7.32. The van der Waals surface area contributed by atoms with Gasteiger partial charge in [0.2, 0.25) is 0 Å². The average Bonchev–Trinajstić information content (AvgIpc) is 3.70. The number of rotatable bonds is 10. The molecule has 4 aromatic rings. The zero-order chi connectivity index (χ0) is 23.9. The quantitative estimate of drug-likeness (QED) is 0.273. The minimum Gasteiger partial charge on any atom is -0.375 e. The third kappa shape index (κ3) is 6.24. The van der Waals surface area contributed by atoms with Crippen molar-refractivity contribution in [3.05, 3.63) is 126 Å². The molecule has 4 aromatic carbocycles. The van der Waals surface area contributed by atoms with Gasteiger partial charge in [0.25, 0.3) is 5.91 Å². The standard InChI is InChI=1S/C31H30N2O2/c34-31(27-13-11-25(12-14-27)24-9-5-2-6-10-24)33-28-17-15-26(16-18-28)29-21-30(29)32-19-20-35-22-23-7-3-1-4-8-23/h1-18,29-30,32H,19-22H2,(H,33,34)/t29-,30+/m0/s1. The number of carbonyl (C=O) groups excluding carboxylic acids is 1. The smallest absolute Gasteiger partial charge is 0.255 e. The van der Waals surface area contributed by atoms with Gasteiger partial charge in [0.05, 0.1) is 13.2 Å². The molecule has 1 fully saturated rings. The molecule has 1 saturated carbocycles. The van der Waals surface area contributed by atoms with Crippen LogP contribution in [0, 0.1) is 0 Å². The van der Waals surface area contributed by atoms with Gasteiger partial charge >= 0.3 is 0 Å². The fourth-order valence-electron chi connectivity index (χ4n) is 4.33. The van der Waals surface area contributed by atoms with E-state index >= 15 is 0 Å². The van der Waals surface area contributed by atoms with Gasteiger partial charge in [-0.1, -0.05) is 84.9 Å². The van der Waals surface area contributed by atoms with Crippen molar-refractivity contribution < 1.29 is 9.53 Å². The Morgan fingerprint density at radius 1 is 0.771 bits per heavy atom. The molecule has 0 saturated heterocycles. The van der Waals surface area contributed by atoms with E-state index in [2.05, 4.69) is 47.0 Å². The molecule has 1 aliphatic carbocycles. The zero-order valence-corrected chi connectivity index (χ0v) is 19.7. The largest absolute Gasteiger partial charge is 0.375 e. The lowest BCUT2D eigenvalue weighted by Gasteiger charge is -2.09. The summed E-state index contributed by atoms with van der Waals surface area (Å²) in [7, 11) is 0. The van der Waals surface area contributed by atoms with Gasteiger partial charge in [-0.2, -0.15) is 0 Å². The van der Waals surface area contributed by atoms with Crippen LogP contribution in [0.15, 0.2) is 109 Å². The van der Waals surface area contributed by atoms with E-state index in [-0.39, 0.29) is 5.91 Å². The minimum atomic E-state index is -0.0983. The summed E-state index contributed by atoms with van der Waals surface area (Å²) in [5.41, 5.74) is 6.20. The summed E-state index contributed by atoms with van der Waals surface area (Å²) >= 11 is 0. The number of anilines is 1. The summed E-state index contributed by atoms with van der Waals surface area (Å²) in [6.45, 7) is 2.21. The van der Waals surface area contributed by atoms with Gasteiger partial charge in [-0.15, -0.1) is 0 Å². The molecule has 4 nitrogen and oxygen atoms in total. The van der Waals surface area contributed by atoms with Crippen molar-refractivity contribution >= 4 is 11.6 Å². The van der Waals surface area contributed by atoms with Crippen LogP contribution >= 0.6 is 0 Å². The second kappa shape index (κ2) is 11.1. The van der Waals surface area contributed by atoms with Crippen LogP contribution in [0.1, 0.15) is 33.8 Å². The number of nitrogens with one attached hydrogen (secondary N) is 2. The highest BCUT2D eigenvalue weighted by molar-refractivity contribution is 6.04. The molecular weight excluding hydrogens is 432 g/mol. The normalized spacial score (nSPS) is 16.6. The lowest BCUT2D eigenvalue weighted by atomic mass is 10.0. The first-order valence-electron chi connectivity index (χ1n) is 12.2. The molecule has 0 unspecified atom stereocenters. The highest BCUT2D eigenvalue weighted by Crippen LogP contribution is 2.41. The van der Waals surface area contributed by atoms with E-state index in [0.717, 1.165) is 29.8 Å². The fraction of sp³-hybridized carbons (Fsp3) is 0.194. The number of carbonyl (C=O) groups is 1. The van der Waals surface area contributed by atoms with Gasteiger partial charge in [0.15, 0.2) is 0 Å². The Morgan fingerprint density at radius 3 is 2.14 bits per heavy atom. The molecule has 2 N–H and O–H groups in total. The molecule has 0 radical (unpaired) electrons. The summed E-state index contributed by atoms with van der Waals surface area (Å²) in [5.74, 6) is 0.429. The Labute approximate surface area is 207 Å². The SMILES string of the molecule is O=C(Nc1ccc([C@@H]2C[C@H]2NCCOCc2ccccc2)cc1)c1ccc(-c2ccccc2)cc1. The Hall–Kier alpha value is -3.73. The maximum atomic E-state index is 12.7. The van der Waals surface area contributed by atoms with Crippen LogP contribution in [-0.4, -0.2) is 25.1 Å². The van der Waals surface area contributed by atoms with Crippen molar-refractivity contribution in [1.82, 2.24) is 5.32 Å². The lowest BCUT2D eigenvalue weighted by molar-refractivity contribution is 0.102. The summed E-state index contributed by atoms with van der Waals surface area (Å²) < 4.78 is 5.75. The van der Waals surface area contributed by atoms with E-state index in [1.54, 1.807) is 0 Å². The predicted molar refractivity (Wildman–Crippen MR) is 142 cm³/mol. The monoisotopic (exact) mass is 462 g/mol. The minimum absolute atomic E-state index is 0.0983. The number of amides is 1. The van der Waals surface area contributed by atoms with E-state index in [0.29, 0.717) is 30.7 Å². The summed E-state index contributed by atoms with van der Waals surface area (Å²) in [4.78, 5) is 12.7. The fourth-order valence-corrected chi connectivity index (χ4v) is 4.33. The van der Waals surface area contributed by atoms with Crippen molar-refractivity contribution in [3.63, 3.8) is 0 Å². The van der Waals surface area contributed by atoms with Crippen molar-refractivity contribution in [3.8, 4) is 11.1 Å². The summed E-state index contributed by atoms with van der Waals surface area (Å²) in [6, 6.07) is 36.8. The van der Waals surface area contributed by atoms with Crippen molar-refractivity contribution in [2.45, 2.75) is 25.0 Å². The first kappa shape index (κ1) is 23.0. The van der Waals surface area contributed by atoms with E-state index in [1.165, 1.54) is 11.1 Å². The van der Waals surface area contributed by atoms with Crippen molar-refractivity contribution in [2.24, 2.45) is 0 Å². The van der Waals surface area contributed by atoms with Crippen LogP contribution in [0.25, 0.3) is 11.1 Å². The van der Waals surface area contributed by atoms with Gasteiger partial charge < -0.3 is 15.4 Å². The third-order valence-corrected chi connectivity index (χ3v) is 6.41. The van der Waals surface area contributed by atoms with Crippen molar-refractivity contribution in [1.29, 1.82) is 0 Å². The number of benzene rings is 4. The van der Waals surface area contributed by atoms with Gasteiger partial charge in [0, 0.05) is 29.8 Å². The second-order valence-electron chi connectivity index (χ2n) is 8.96. The molecule has 0 aliphatic heterocycles. The maximum Gasteiger partial charge on any atom is 0.255 e. The predicted octanol–water partition coefficient (Wildman–Crippen LogP) is 6.27. The van der Waals surface area contributed by atoms with Gasteiger partial charge in [-0.3, -0.25) is 4.79 Å². The summed E-state index contributed by atoms with van der Waals surface area (Å²) in [6.07, 6.45) is 1.14. The highest BCUT2D eigenvalue weighted by atomic mass is 16.5. The molecule has 35 heavy (non-hydrogen) atoms. The lowest BCUT2D eigenvalue weighted by Crippen LogP contribution is -2.23. The first-order chi connectivity index (χ1) is 17.3. The van der Waals surface area contributed by atoms with E-state index in [9.17, 15) is 4.79 Å². The number of hydrogen-bond acceptors (Lipinski definition) is 3. The average molecular weight is 463 g/mol. The first-order valence-corrected chi connectivity index (χ1v) is 12.2. The molecule has 0 aromatic heterocycles. The molecule has 1 amide bonds. The summed E-state index contributed by atoms with van der Waals surface area (Å²) in [5, 5.41) is 6.59. The Bertz CT molecular complexity index is 1220. The molecule has 5 rings (SSSR count). The van der Waals surface area contributed by atoms with E-state index in [4.69, 9.17) is 4.74 Å². The molecular formula is C31H30N2O2. The maximum absolute atomic E-state index is 12.7. The molecule has 0 bridgehead atoms. The van der Waals surface area contributed by atoms with Crippen LogP contribution in [0.2, 0.25) is 0 Å². The molecule has 0 spiro atoms. The number of hydrogen-bond donors (Lipinski definition) is 2. The Morgan fingerprint density at radius 2 is 1.43 bits per heavy atom. The second-order valence-corrected chi connectivity index (χ2v) is 8.96. The molecule has 1 aliphatic rings. The van der Waals surface area contributed by atoms with Crippen LogP contribution in [0.4, 0.5) is 5.69 Å². The van der Waals surface area contributed by atoms with Crippen LogP contribution < -0.4 is 10.6 Å². The molecule has 176 valence electrons. The third-order valence-electron chi connectivity index (χ3n) is 6.41. The van der Waals surface area contributed by atoms with Crippen LogP contribution in [-0.2, 0) is 11.3 Å². The van der Waals surface area contributed by atoms with E-state index < -0.39 is 0 Å². The van der Waals surface area contributed by atoms with Gasteiger partial charge in [-0.05, 0) is 52.9 Å². The zero-order valence-electron chi connectivity index (χ0n) is 19.7. The number of ether oxygens (including phenoxy) is 1.